The van der Waals surface area contributed by atoms with Crippen molar-refractivity contribution in [1.29, 1.82) is 0 Å². The second-order valence-electron chi connectivity index (χ2n) is 6.14. The Morgan fingerprint density at radius 2 is 1.12 bits per heavy atom. The third-order valence-corrected chi connectivity index (χ3v) is 4.43. The molecule has 0 aliphatic rings. The van der Waals surface area contributed by atoms with E-state index in [1.807, 2.05) is 18.2 Å². The summed E-state index contributed by atoms with van der Waals surface area (Å²) in [5.74, 6) is -0.560. The van der Waals surface area contributed by atoms with E-state index >= 15 is 0 Å². The fourth-order valence-corrected chi connectivity index (χ4v) is 3.12. The first-order valence-corrected chi connectivity index (χ1v) is 8.42. The minimum absolute atomic E-state index is 0.280. The summed E-state index contributed by atoms with van der Waals surface area (Å²) in [5, 5.41) is 2.29. The molecule has 0 heterocycles. The lowest BCUT2D eigenvalue weighted by molar-refractivity contribution is 0.627. The molecule has 0 atom stereocenters. The Bertz CT molecular complexity index is 1020. The van der Waals surface area contributed by atoms with Gasteiger partial charge in [0.15, 0.2) is 0 Å². The van der Waals surface area contributed by atoms with E-state index in [1.54, 1.807) is 24.3 Å². The monoisotopic (exact) mass is 342 g/mol. The highest BCUT2D eigenvalue weighted by Gasteiger charge is 2.08. The average Bonchev–Trinajstić information content (AvgIpc) is 2.68. The van der Waals surface area contributed by atoms with Crippen molar-refractivity contribution in [3.8, 4) is 0 Å². The number of fused-ring (bicyclic) bond motifs is 1. The maximum absolute atomic E-state index is 13.4. The van der Waals surface area contributed by atoms with Gasteiger partial charge in [0.2, 0.25) is 0 Å². The second-order valence-corrected chi connectivity index (χ2v) is 6.14. The third kappa shape index (κ3) is 3.27. The molecule has 0 aromatic heterocycles. The summed E-state index contributed by atoms with van der Waals surface area (Å²) in [6.07, 6.45) is 2.07. The smallest absolute Gasteiger partial charge is 0.123 e. The number of hydrogen-bond acceptors (Lipinski definition) is 0. The van der Waals surface area contributed by atoms with Gasteiger partial charge in [-0.3, -0.25) is 0 Å². The van der Waals surface area contributed by atoms with Crippen molar-refractivity contribution in [2.24, 2.45) is 0 Å². The van der Waals surface area contributed by atoms with Crippen LogP contribution >= 0.6 is 0 Å². The molecule has 0 nitrogen and oxygen atoms in total. The predicted molar refractivity (Wildman–Crippen MR) is 104 cm³/mol. The molecule has 2 heteroatoms. The molecule has 0 unspecified atom stereocenters. The van der Waals surface area contributed by atoms with Crippen LogP contribution in [0.5, 0.6) is 0 Å². The zero-order valence-corrected chi connectivity index (χ0v) is 14.0. The Morgan fingerprint density at radius 3 is 1.73 bits per heavy atom. The highest BCUT2D eigenvalue weighted by Crippen LogP contribution is 2.29. The minimum Gasteiger partial charge on any atom is -0.207 e. The van der Waals surface area contributed by atoms with Gasteiger partial charge >= 0.3 is 0 Å². The summed E-state index contributed by atoms with van der Waals surface area (Å²) in [4.78, 5) is 0. The standard InChI is InChI=1S/C24H16F2/c25-21-12-8-18(9-13-21)24(19-10-14-22(26)15-11-19)16-20-6-3-5-17-4-1-2-7-23(17)20/h1-16H. The predicted octanol–water partition coefficient (Wildman–Crippen LogP) is 6.71. The van der Waals surface area contributed by atoms with Crippen LogP contribution in [0.2, 0.25) is 0 Å². The van der Waals surface area contributed by atoms with Crippen molar-refractivity contribution in [3.63, 3.8) is 0 Å². The van der Waals surface area contributed by atoms with E-state index in [0.29, 0.717) is 0 Å². The Balaban J connectivity index is 1.93. The summed E-state index contributed by atoms with van der Waals surface area (Å²) < 4.78 is 26.7. The maximum Gasteiger partial charge on any atom is 0.123 e. The van der Waals surface area contributed by atoms with Gasteiger partial charge in [0.25, 0.3) is 0 Å². The molecule has 0 amide bonds. The number of halogens is 2. The first kappa shape index (κ1) is 16.2. The van der Waals surface area contributed by atoms with Gasteiger partial charge < -0.3 is 0 Å². The summed E-state index contributed by atoms with van der Waals surface area (Å²) in [7, 11) is 0. The van der Waals surface area contributed by atoms with Crippen molar-refractivity contribution >= 4 is 22.4 Å². The number of rotatable bonds is 3. The molecule has 0 fully saturated rings. The number of benzene rings is 4. The van der Waals surface area contributed by atoms with Crippen LogP contribution in [-0.4, -0.2) is 0 Å². The second kappa shape index (κ2) is 6.93. The van der Waals surface area contributed by atoms with Crippen molar-refractivity contribution in [2.45, 2.75) is 0 Å². The van der Waals surface area contributed by atoms with Gasteiger partial charge in [0.1, 0.15) is 11.6 Å². The highest BCUT2D eigenvalue weighted by atomic mass is 19.1. The molecule has 0 bridgehead atoms. The fourth-order valence-electron chi connectivity index (χ4n) is 3.12. The maximum atomic E-state index is 13.4. The topological polar surface area (TPSA) is 0 Å². The largest absolute Gasteiger partial charge is 0.207 e. The average molecular weight is 342 g/mol. The van der Waals surface area contributed by atoms with E-state index < -0.39 is 0 Å². The molecule has 0 saturated carbocycles. The molecule has 0 N–H and O–H groups in total. The van der Waals surface area contributed by atoms with Gasteiger partial charge in [-0.05, 0) is 63.4 Å². The van der Waals surface area contributed by atoms with Crippen LogP contribution in [0.1, 0.15) is 16.7 Å². The lowest BCUT2D eigenvalue weighted by atomic mass is 9.94. The molecule has 26 heavy (non-hydrogen) atoms. The van der Waals surface area contributed by atoms with Crippen LogP contribution in [-0.2, 0) is 0 Å². The Hall–Kier alpha value is -3.26. The van der Waals surface area contributed by atoms with Crippen LogP contribution in [0.3, 0.4) is 0 Å². The molecule has 4 rings (SSSR count). The van der Waals surface area contributed by atoms with E-state index in [4.69, 9.17) is 0 Å². The Labute approximate surface area is 151 Å². The first-order valence-electron chi connectivity index (χ1n) is 8.42. The van der Waals surface area contributed by atoms with Crippen molar-refractivity contribution < 1.29 is 8.78 Å². The molecule has 0 saturated heterocycles. The fraction of sp³-hybridized carbons (Fsp3) is 0. The van der Waals surface area contributed by atoms with Gasteiger partial charge in [-0.25, -0.2) is 8.78 Å². The molecule has 0 spiro atoms. The summed E-state index contributed by atoms with van der Waals surface area (Å²) in [6, 6.07) is 27.1. The molecule has 126 valence electrons. The van der Waals surface area contributed by atoms with E-state index in [2.05, 4.69) is 30.3 Å². The first-order chi connectivity index (χ1) is 12.7. The zero-order valence-electron chi connectivity index (χ0n) is 14.0. The lowest BCUT2D eigenvalue weighted by Gasteiger charge is -2.11. The Kier molecular flexibility index (Phi) is 4.32. The van der Waals surface area contributed by atoms with E-state index in [9.17, 15) is 8.78 Å². The lowest BCUT2D eigenvalue weighted by Crippen LogP contribution is -1.90. The van der Waals surface area contributed by atoms with E-state index in [-0.39, 0.29) is 11.6 Å². The van der Waals surface area contributed by atoms with Crippen molar-refractivity contribution in [3.05, 3.63) is 119 Å². The minimum atomic E-state index is -0.280. The summed E-state index contributed by atoms with van der Waals surface area (Å²) in [5.41, 5.74) is 3.74. The molecule has 0 aliphatic heterocycles. The summed E-state index contributed by atoms with van der Waals surface area (Å²) in [6.45, 7) is 0. The van der Waals surface area contributed by atoms with Gasteiger partial charge in [-0.2, -0.15) is 0 Å². The SMILES string of the molecule is Fc1ccc(C(=Cc2cccc3ccccc23)c2ccc(F)cc2)cc1. The van der Waals surface area contributed by atoms with Crippen molar-refractivity contribution in [2.75, 3.05) is 0 Å². The van der Waals surface area contributed by atoms with Crippen molar-refractivity contribution in [1.82, 2.24) is 0 Å². The van der Waals surface area contributed by atoms with Gasteiger partial charge in [0, 0.05) is 0 Å². The summed E-state index contributed by atoms with van der Waals surface area (Å²) >= 11 is 0. The molecular formula is C24H16F2. The van der Waals surface area contributed by atoms with Crippen LogP contribution < -0.4 is 0 Å². The molecule has 4 aromatic rings. The van der Waals surface area contributed by atoms with Gasteiger partial charge in [-0.1, -0.05) is 66.7 Å². The van der Waals surface area contributed by atoms with Crippen LogP contribution in [0, 0.1) is 11.6 Å². The highest BCUT2D eigenvalue weighted by molar-refractivity contribution is 5.99. The third-order valence-electron chi connectivity index (χ3n) is 4.43. The normalized spacial score (nSPS) is 10.7. The Morgan fingerprint density at radius 1 is 0.577 bits per heavy atom. The zero-order chi connectivity index (χ0) is 17.9. The van der Waals surface area contributed by atoms with Crippen LogP contribution in [0.4, 0.5) is 8.78 Å². The van der Waals surface area contributed by atoms with E-state index in [1.165, 1.54) is 24.3 Å². The van der Waals surface area contributed by atoms with Gasteiger partial charge in [0.05, 0.1) is 0 Å². The van der Waals surface area contributed by atoms with E-state index in [0.717, 1.165) is 33.0 Å². The van der Waals surface area contributed by atoms with Gasteiger partial charge in [-0.15, -0.1) is 0 Å². The molecular weight excluding hydrogens is 326 g/mol. The molecule has 0 aliphatic carbocycles. The molecule has 4 aromatic carbocycles. The molecule has 0 radical (unpaired) electrons. The number of hydrogen-bond donors (Lipinski definition) is 0. The quantitative estimate of drug-likeness (QED) is 0.363. The van der Waals surface area contributed by atoms with Crippen LogP contribution in [0.15, 0.2) is 91.0 Å². The van der Waals surface area contributed by atoms with Crippen LogP contribution in [0.25, 0.3) is 22.4 Å².